The van der Waals surface area contributed by atoms with E-state index in [0.29, 0.717) is 0 Å². The van der Waals surface area contributed by atoms with Gasteiger partial charge in [-0.25, -0.2) is 0 Å². The molecule has 4 rings (SSSR count). The number of nitrogens with zero attached hydrogens (tertiary/aromatic N) is 1. The number of fused-ring (bicyclic) bond motifs is 1. The molecule has 0 spiro atoms. The Morgan fingerprint density at radius 2 is 1.95 bits per heavy atom. The maximum absolute atomic E-state index is 3.26. The van der Waals surface area contributed by atoms with E-state index >= 15 is 0 Å². The van der Waals surface area contributed by atoms with E-state index in [1.165, 1.54) is 72.2 Å². The predicted octanol–water partition coefficient (Wildman–Crippen LogP) is 4.92. The molecule has 0 radical (unpaired) electrons. The quantitative estimate of drug-likeness (QED) is 0.708. The summed E-state index contributed by atoms with van der Waals surface area (Å²) < 4.78 is 0. The minimum absolute atomic E-state index is 1.21. The number of aromatic amines is 1. The van der Waals surface area contributed by atoms with Crippen LogP contribution in [-0.4, -0.2) is 29.5 Å². The largest absolute Gasteiger partial charge is 0.361 e. The van der Waals surface area contributed by atoms with Gasteiger partial charge >= 0.3 is 0 Å². The number of benzene rings is 1. The Balaban J connectivity index is 1.41. The fourth-order valence-corrected chi connectivity index (χ4v) is 4.32. The highest BCUT2D eigenvalue weighted by Gasteiger charge is 2.11. The highest BCUT2D eigenvalue weighted by molar-refractivity contribution is 7.10. The van der Waals surface area contributed by atoms with Crippen LogP contribution in [0.15, 0.2) is 41.9 Å². The van der Waals surface area contributed by atoms with Crippen LogP contribution in [-0.2, 0) is 6.42 Å². The van der Waals surface area contributed by atoms with Gasteiger partial charge in [0.05, 0.1) is 0 Å². The first-order valence-electron chi connectivity index (χ1n) is 8.26. The zero-order chi connectivity index (χ0) is 14.8. The van der Waals surface area contributed by atoms with Crippen molar-refractivity contribution in [3.8, 4) is 11.1 Å². The first-order chi connectivity index (χ1) is 10.9. The monoisotopic (exact) mass is 310 g/mol. The molecule has 1 N–H and O–H groups in total. The van der Waals surface area contributed by atoms with Gasteiger partial charge < -0.3 is 9.88 Å². The molecular weight excluding hydrogens is 288 g/mol. The number of hydrogen-bond acceptors (Lipinski definition) is 2. The highest BCUT2D eigenvalue weighted by Crippen LogP contribution is 2.29. The van der Waals surface area contributed by atoms with Crippen LogP contribution in [0.3, 0.4) is 0 Å². The van der Waals surface area contributed by atoms with E-state index in [1.807, 2.05) is 17.5 Å². The molecule has 2 aromatic heterocycles. The number of likely N-dealkylation sites (tertiary alicyclic amines) is 1. The molecule has 3 aromatic rings. The molecule has 0 bridgehead atoms. The third-order valence-electron chi connectivity index (χ3n) is 4.64. The van der Waals surface area contributed by atoms with E-state index in [0.717, 1.165) is 0 Å². The normalized spacial score (nSPS) is 15.8. The maximum Gasteiger partial charge on any atom is 0.0454 e. The Bertz CT molecular complexity index is 749. The van der Waals surface area contributed by atoms with E-state index in [-0.39, 0.29) is 0 Å². The zero-order valence-corrected chi connectivity index (χ0v) is 13.7. The molecule has 1 aromatic carbocycles. The summed E-state index contributed by atoms with van der Waals surface area (Å²) in [6.07, 6.45) is 7.30. The molecule has 1 aliphatic heterocycles. The Kier molecular flexibility index (Phi) is 4.00. The minimum Gasteiger partial charge on any atom is -0.361 e. The lowest BCUT2D eigenvalue weighted by molar-refractivity contribution is 0.334. The van der Waals surface area contributed by atoms with Crippen LogP contribution >= 0.6 is 11.3 Å². The number of H-pyrrole nitrogens is 1. The van der Waals surface area contributed by atoms with E-state index in [4.69, 9.17) is 0 Å². The lowest BCUT2D eigenvalue weighted by atomic mass is 10.1. The van der Waals surface area contributed by atoms with E-state index in [9.17, 15) is 0 Å². The van der Waals surface area contributed by atoms with Crippen LogP contribution in [0.25, 0.3) is 22.0 Å². The second kappa shape index (κ2) is 6.27. The molecular formula is C19H22N2S. The van der Waals surface area contributed by atoms with Crippen molar-refractivity contribution in [3.05, 3.63) is 46.8 Å². The molecule has 22 heavy (non-hydrogen) atoms. The van der Waals surface area contributed by atoms with Gasteiger partial charge in [-0.3, -0.25) is 0 Å². The smallest absolute Gasteiger partial charge is 0.0454 e. The van der Waals surface area contributed by atoms with Gasteiger partial charge in [-0.05, 0) is 91.5 Å². The van der Waals surface area contributed by atoms with Crippen LogP contribution in [0.4, 0.5) is 0 Å². The number of thiophene rings is 1. The van der Waals surface area contributed by atoms with Crippen LogP contribution in [0.5, 0.6) is 0 Å². The summed E-state index contributed by atoms with van der Waals surface area (Å²) in [6.45, 7) is 3.89. The van der Waals surface area contributed by atoms with Crippen LogP contribution in [0.2, 0.25) is 0 Å². The van der Waals surface area contributed by atoms with Crippen LogP contribution < -0.4 is 0 Å². The summed E-state index contributed by atoms with van der Waals surface area (Å²) >= 11 is 1.91. The number of aryl methyl sites for hydroxylation is 1. The second-order valence-corrected chi connectivity index (χ2v) is 7.23. The third-order valence-corrected chi connectivity index (χ3v) is 5.63. The first-order valence-corrected chi connectivity index (χ1v) is 9.14. The third kappa shape index (κ3) is 2.96. The van der Waals surface area contributed by atoms with E-state index in [1.54, 1.807) is 0 Å². The fraction of sp³-hybridized carbons (Fsp3) is 0.368. The van der Waals surface area contributed by atoms with Crippen LogP contribution in [0, 0.1) is 0 Å². The SMILES string of the molecule is c1cc2cc(-c3csc(CCCN4CCCC4)c3)ccc2[nH]1. The number of aromatic nitrogens is 1. The van der Waals surface area contributed by atoms with Crippen molar-refractivity contribution in [2.75, 3.05) is 19.6 Å². The molecule has 1 fully saturated rings. The molecule has 1 saturated heterocycles. The van der Waals surface area contributed by atoms with Gasteiger partial charge in [-0.2, -0.15) is 0 Å². The average molecular weight is 310 g/mol. The van der Waals surface area contributed by atoms with Gasteiger partial charge in [0, 0.05) is 16.6 Å². The zero-order valence-electron chi connectivity index (χ0n) is 12.8. The molecule has 2 nitrogen and oxygen atoms in total. The van der Waals surface area contributed by atoms with Gasteiger partial charge in [0.25, 0.3) is 0 Å². The molecule has 1 aliphatic rings. The van der Waals surface area contributed by atoms with Crippen molar-refractivity contribution in [2.24, 2.45) is 0 Å². The summed E-state index contributed by atoms with van der Waals surface area (Å²) in [5.74, 6) is 0. The van der Waals surface area contributed by atoms with Gasteiger partial charge in [0.15, 0.2) is 0 Å². The fourth-order valence-electron chi connectivity index (χ4n) is 3.38. The van der Waals surface area contributed by atoms with Gasteiger partial charge in [-0.1, -0.05) is 6.07 Å². The molecule has 0 saturated carbocycles. The van der Waals surface area contributed by atoms with Crippen molar-refractivity contribution in [1.82, 2.24) is 9.88 Å². The summed E-state index contributed by atoms with van der Waals surface area (Å²) in [5.41, 5.74) is 3.91. The van der Waals surface area contributed by atoms with Gasteiger partial charge in [0.1, 0.15) is 0 Å². The highest BCUT2D eigenvalue weighted by atomic mass is 32.1. The van der Waals surface area contributed by atoms with Gasteiger partial charge in [-0.15, -0.1) is 11.3 Å². The van der Waals surface area contributed by atoms with E-state index < -0.39 is 0 Å². The Labute approximate surface area is 135 Å². The van der Waals surface area contributed by atoms with Crippen molar-refractivity contribution in [1.29, 1.82) is 0 Å². The van der Waals surface area contributed by atoms with Crippen LogP contribution in [0.1, 0.15) is 24.1 Å². The van der Waals surface area contributed by atoms with E-state index in [2.05, 4.69) is 45.6 Å². The number of nitrogens with one attached hydrogen (secondary N) is 1. The standard InChI is InChI=1S/C19H22N2S/c1-2-10-21(9-1)11-3-4-18-13-17(14-22-18)15-5-6-19-16(12-15)7-8-20-19/h5-8,12-14,20H,1-4,9-11H2. The summed E-state index contributed by atoms with van der Waals surface area (Å²) in [4.78, 5) is 7.38. The molecule has 114 valence electrons. The number of hydrogen-bond donors (Lipinski definition) is 1. The number of rotatable bonds is 5. The Hall–Kier alpha value is -1.58. The van der Waals surface area contributed by atoms with Crippen molar-refractivity contribution in [3.63, 3.8) is 0 Å². The molecule has 3 heteroatoms. The minimum atomic E-state index is 1.21. The molecule has 0 unspecified atom stereocenters. The topological polar surface area (TPSA) is 19.0 Å². The average Bonchev–Trinajstić information content (AvgIpc) is 3.28. The maximum atomic E-state index is 3.26. The second-order valence-electron chi connectivity index (χ2n) is 6.23. The molecule has 0 amide bonds. The van der Waals surface area contributed by atoms with Crippen molar-refractivity contribution >= 4 is 22.2 Å². The Morgan fingerprint density at radius 3 is 2.86 bits per heavy atom. The molecule has 3 heterocycles. The lowest BCUT2D eigenvalue weighted by Crippen LogP contribution is -2.20. The van der Waals surface area contributed by atoms with Crippen molar-refractivity contribution in [2.45, 2.75) is 25.7 Å². The first kappa shape index (κ1) is 14.0. The molecule has 0 aliphatic carbocycles. The predicted molar refractivity (Wildman–Crippen MR) is 95.6 cm³/mol. The summed E-state index contributed by atoms with van der Waals surface area (Å²) in [7, 11) is 0. The molecule has 0 atom stereocenters. The summed E-state index contributed by atoms with van der Waals surface area (Å²) in [5, 5.41) is 3.60. The van der Waals surface area contributed by atoms with Crippen molar-refractivity contribution < 1.29 is 0 Å². The van der Waals surface area contributed by atoms with Gasteiger partial charge in [0.2, 0.25) is 0 Å². The lowest BCUT2D eigenvalue weighted by Gasteiger charge is -2.13. The Morgan fingerprint density at radius 1 is 1.05 bits per heavy atom. The summed E-state index contributed by atoms with van der Waals surface area (Å²) in [6, 6.07) is 11.2.